The summed E-state index contributed by atoms with van der Waals surface area (Å²) in [7, 11) is 0. The summed E-state index contributed by atoms with van der Waals surface area (Å²) in [5.41, 5.74) is 0.190. The van der Waals surface area contributed by atoms with Gasteiger partial charge < -0.3 is 9.84 Å². The van der Waals surface area contributed by atoms with E-state index in [1.165, 1.54) is 0 Å². The number of ether oxygens (including phenoxy) is 1. The van der Waals surface area contributed by atoms with E-state index in [1.807, 2.05) is 6.92 Å². The molecule has 1 heterocycles. The van der Waals surface area contributed by atoms with E-state index in [2.05, 4.69) is 0 Å². The van der Waals surface area contributed by atoms with Crippen molar-refractivity contribution in [3.05, 3.63) is 0 Å². The van der Waals surface area contributed by atoms with Crippen LogP contribution >= 0.6 is 11.8 Å². The molecule has 0 bridgehead atoms. The molecule has 1 aliphatic heterocycles. The molecule has 0 saturated carbocycles. The summed E-state index contributed by atoms with van der Waals surface area (Å²) < 4.78 is 4.88. The number of hydrogen-bond acceptors (Lipinski definition) is 3. The topological polar surface area (TPSA) is 29.5 Å². The Balaban J connectivity index is 2.26. The lowest BCUT2D eigenvalue weighted by molar-refractivity contribution is -0.0752. The summed E-state index contributed by atoms with van der Waals surface area (Å²) in [4.78, 5) is 0. The predicted molar refractivity (Wildman–Crippen MR) is 29.0 cm³/mol. The molecule has 2 atom stereocenters. The fraction of sp³-hybridized carbons (Fsp3) is 1.00. The molecule has 1 N–H and O–H groups in total. The van der Waals surface area contributed by atoms with Crippen LogP contribution in [-0.2, 0) is 4.74 Å². The third kappa shape index (κ3) is 1.33. The second-order valence-electron chi connectivity index (χ2n) is 1.49. The lowest BCUT2D eigenvalue weighted by Crippen LogP contribution is -2.07. The molecule has 42 valence electrons. The number of thioether (sulfide) groups is 1. The zero-order valence-electron chi connectivity index (χ0n) is 4.13. The fourth-order valence-electron chi connectivity index (χ4n) is 0.518. The first-order valence-corrected chi connectivity index (χ1v) is 3.29. The van der Waals surface area contributed by atoms with Crippen LogP contribution in [0.25, 0.3) is 0 Å². The Morgan fingerprint density at radius 2 is 2.57 bits per heavy atom. The Bertz CT molecular complexity index is 58.7. The molecule has 0 aliphatic carbocycles. The van der Waals surface area contributed by atoms with Crippen molar-refractivity contribution in [1.29, 1.82) is 0 Å². The van der Waals surface area contributed by atoms with Gasteiger partial charge in [0.15, 0.2) is 6.29 Å². The van der Waals surface area contributed by atoms with E-state index in [1.54, 1.807) is 11.8 Å². The minimum absolute atomic E-state index is 0.190. The molecule has 0 radical (unpaired) electrons. The molecule has 2 unspecified atom stereocenters. The van der Waals surface area contributed by atoms with Crippen LogP contribution in [0.15, 0.2) is 0 Å². The average molecular weight is 120 g/mol. The Morgan fingerprint density at radius 1 is 1.86 bits per heavy atom. The van der Waals surface area contributed by atoms with Crippen LogP contribution in [0.4, 0.5) is 0 Å². The van der Waals surface area contributed by atoms with Gasteiger partial charge in [-0.1, -0.05) is 0 Å². The van der Waals surface area contributed by atoms with Crippen molar-refractivity contribution in [2.24, 2.45) is 0 Å². The van der Waals surface area contributed by atoms with Crippen LogP contribution in [0.5, 0.6) is 0 Å². The quantitative estimate of drug-likeness (QED) is 0.502. The van der Waals surface area contributed by atoms with Gasteiger partial charge in [0.25, 0.3) is 0 Å². The zero-order valence-corrected chi connectivity index (χ0v) is 4.94. The van der Waals surface area contributed by atoms with Crippen molar-refractivity contribution in [2.75, 3.05) is 5.75 Å². The van der Waals surface area contributed by atoms with Crippen LogP contribution in [-0.4, -0.2) is 22.6 Å². The lowest BCUT2D eigenvalue weighted by Gasteiger charge is -1.98. The van der Waals surface area contributed by atoms with Gasteiger partial charge in [-0.3, -0.25) is 0 Å². The van der Waals surface area contributed by atoms with Crippen molar-refractivity contribution in [1.82, 2.24) is 0 Å². The van der Waals surface area contributed by atoms with Gasteiger partial charge in [-0.05, 0) is 6.92 Å². The maximum Gasteiger partial charge on any atom is 0.165 e. The highest BCUT2D eigenvalue weighted by Crippen LogP contribution is 2.22. The normalized spacial score (nSPS) is 42.0. The maximum absolute atomic E-state index is 8.66. The second-order valence-corrected chi connectivity index (χ2v) is 2.82. The van der Waals surface area contributed by atoms with Gasteiger partial charge in [-0.2, -0.15) is 0 Å². The summed E-state index contributed by atoms with van der Waals surface area (Å²) >= 11 is 1.63. The summed E-state index contributed by atoms with van der Waals surface area (Å²) in [5, 5.41) is 8.66. The zero-order chi connectivity index (χ0) is 5.28. The summed E-state index contributed by atoms with van der Waals surface area (Å²) in [5.74, 6) is 0.723. The number of aliphatic hydroxyl groups excluding tert-OH is 1. The van der Waals surface area contributed by atoms with Gasteiger partial charge in [0.2, 0.25) is 0 Å². The molecular weight excluding hydrogens is 112 g/mol. The van der Waals surface area contributed by atoms with Crippen LogP contribution < -0.4 is 0 Å². The van der Waals surface area contributed by atoms with Gasteiger partial charge in [-0.15, -0.1) is 11.8 Å². The molecular formula is C4H8O2S. The van der Waals surface area contributed by atoms with Gasteiger partial charge in [0, 0.05) is 5.75 Å². The summed E-state index contributed by atoms with van der Waals surface area (Å²) in [6, 6.07) is 0. The maximum atomic E-state index is 8.66. The largest absolute Gasteiger partial charge is 0.367 e. The number of rotatable bonds is 0. The van der Waals surface area contributed by atoms with Crippen LogP contribution in [0.1, 0.15) is 6.92 Å². The van der Waals surface area contributed by atoms with Crippen molar-refractivity contribution in [3.8, 4) is 0 Å². The number of hydrogen-bond donors (Lipinski definition) is 1. The standard InChI is InChI=1S/C4H8O2S/c1-3-6-4(5)2-7-3/h3-5H,2H2,1H3. The first-order valence-electron chi connectivity index (χ1n) is 2.24. The van der Waals surface area contributed by atoms with Gasteiger partial charge >= 0.3 is 0 Å². The fourth-order valence-corrected chi connectivity index (χ4v) is 1.24. The highest BCUT2D eigenvalue weighted by Gasteiger charge is 2.18. The third-order valence-corrected chi connectivity index (χ3v) is 1.88. The van der Waals surface area contributed by atoms with Crippen molar-refractivity contribution >= 4 is 11.8 Å². The van der Waals surface area contributed by atoms with Crippen LogP contribution in [0.2, 0.25) is 0 Å². The van der Waals surface area contributed by atoms with E-state index < -0.39 is 6.29 Å². The Labute approximate surface area is 46.9 Å². The molecule has 0 aromatic heterocycles. The SMILES string of the molecule is CC1OC(O)CS1. The highest BCUT2D eigenvalue weighted by molar-refractivity contribution is 7.99. The molecule has 0 spiro atoms. The molecule has 1 saturated heterocycles. The Morgan fingerprint density at radius 3 is 2.71 bits per heavy atom. The summed E-state index contributed by atoms with van der Waals surface area (Å²) in [6.07, 6.45) is -0.514. The Hall–Kier alpha value is 0.270. The molecule has 0 amide bonds. The van der Waals surface area contributed by atoms with Gasteiger partial charge in [0.05, 0.1) is 0 Å². The smallest absolute Gasteiger partial charge is 0.165 e. The van der Waals surface area contributed by atoms with E-state index >= 15 is 0 Å². The Kier molecular flexibility index (Phi) is 1.57. The minimum Gasteiger partial charge on any atom is -0.367 e. The lowest BCUT2D eigenvalue weighted by atomic mass is 10.7. The molecule has 7 heavy (non-hydrogen) atoms. The van der Waals surface area contributed by atoms with Crippen molar-refractivity contribution in [3.63, 3.8) is 0 Å². The average Bonchev–Trinajstić information content (AvgIpc) is 1.87. The highest BCUT2D eigenvalue weighted by atomic mass is 32.2. The van der Waals surface area contributed by atoms with E-state index in [4.69, 9.17) is 9.84 Å². The van der Waals surface area contributed by atoms with Crippen molar-refractivity contribution in [2.45, 2.75) is 18.6 Å². The van der Waals surface area contributed by atoms with E-state index in [0.29, 0.717) is 0 Å². The molecule has 3 heteroatoms. The monoisotopic (exact) mass is 120 g/mol. The molecule has 1 aliphatic rings. The minimum atomic E-state index is -0.514. The predicted octanol–water partition coefficient (Wildman–Crippen LogP) is 0.414. The first-order chi connectivity index (χ1) is 3.29. The molecule has 0 aromatic carbocycles. The molecule has 1 fully saturated rings. The summed E-state index contributed by atoms with van der Waals surface area (Å²) in [6.45, 7) is 1.93. The molecule has 1 rings (SSSR count). The van der Waals surface area contributed by atoms with E-state index in [-0.39, 0.29) is 5.44 Å². The third-order valence-electron chi connectivity index (χ3n) is 0.822. The number of aliphatic hydroxyl groups is 1. The molecule has 2 nitrogen and oxygen atoms in total. The van der Waals surface area contributed by atoms with Crippen LogP contribution in [0, 0.1) is 0 Å². The van der Waals surface area contributed by atoms with E-state index in [9.17, 15) is 0 Å². The first kappa shape index (κ1) is 5.41. The van der Waals surface area contributed by atoms with Crippen molar-refractivity contribution < 1.29 is 9.84 Å². The molecule has 0 aromatic rings. The van der Waals surface area contributed by atoms with Gasteiger partial charge in [-0.25, -0.2) is 0 Å². The van der Waals surface area contributed by atoms with E-state index in [0.717, 1.165) is 5.75 Å². The second kappa shape index (κ2) is 2.03. The van der Waals surface area contributed by atoms with Crippen LogP contribution in [0.3, 0.4) is 0 Å². The van der Waals surface area contributed by atoms with Gasteiger partial charge in [0.1, 0.15) is 5.44 Å².